The Morgan fingerprint density at radius 1 is 1.56 bits per heavy atom. The van der Waals surface area contributed by atoms with Gasteiger partial charge in [0.25, 0.3) is 0 Å². The summed E-state index contributed by atoms with van der Waals surface area (Å²) in [5.74, 6) is 0. The van der Waals surface area contributed by atoms with Gasteiger partial charge >= 0.3 is 0 Å². The highest BCUT2D eigenvalue weighted by molar-refractivity contribution is 4.84. The molecule has 0 radical (unpaired) electrons. The average molecular weight is 128 g/mol. The lowest BCUT2D eigenvalue weighted by Crippen LogP contribution is -2.50. The molecule has 2 rings (SSSR count). The summed E-state index contributed by atoms with van der Waals surface area (Å²) < 4.78 is 5.39. The molecular weight excluding hydrogens is 116 g/mol. The van der Waals surface area contributed by atoms with Crippen LogP contribution in [0.15, 0.2) is 0 Å². The Morgan fingerprint density at radius 2 is 2.44 bits per heavy atom. The Balaban J connectivity index is 2.03. The molecule has 2 atom stereocenters. The van der Waals surface area contributed by atoms with Crippen molar-refractivity contribution in [2.45, 2.75) is 12.3 Å². The molecule has 3 nitrogen and oxygen atoms in total. The SMILES string of the molecule is CN1CC2COC(C1)N2. The fourth-order valence-electron chi connectivity index (χ4n) is 1.54. The van der Waals surface area contributed by atoms with Gasteiger partial charge in [0.1, 0.15) is 6.23 Å². The van der Waals surface area contributed by atoms with Crippen LogP contribution in [0.4, 0.5) is 0 Å². The van der Waals surface area contributed by atoms with E-state index in [1.165, 1.54) is 0 Å². The van der Waals surface area contributed by atoms with E-state index in [1.54, 1.807) is 0 Å². The highest BCUT2D eigenvalue weighted by Crippen LogP contribution is 2.10. The van der Waals surface area contributed by atoms with Gasteiger partial charge in [-0.2, -0.15) is 0 Å². The van der Waals surface area contributed by atoms with Crippen LogP contribution in [0.1, 0.15) is 0 Å². The molecule has 1 N–H and O–H groups in total. The van der Waals surface area contributed by atoms with Crippen LogP contribution in [0.5, 0.6) is 0 Å². The lowest BCUT2D eigenvalue weighted by Gasteiger charge is -2.27. The van der Waals surface area contributed by atoms with Crippen LogP contribution >= 0.6 is 0 Å². The van der Waals surface area contributed by atoms with Crippen molar-refractivity contribution in [2.24, 2.45) is 0 Å². The number of nitrogens with zero attached hydrogens (tertiary/aromatic N) is 1. The van der Waals surface area contributed by atoms with E-state index in [-0.39, 0.29) is 0 Å². The van der Waals surface area contributed by atoms with Gasteiger partial charge in [-0.15, -0.1) is 0 Å². The van der Waals surface area contributed by atoms with E-state index in [2.05, 4.69) is 17.3 Å². The third-order valence-electron chi connectivity index (χ3n) is 1.93. The van der Waals surface area contributed by atoms with Crippen LogP contribution in [0.25, 0.3) is 0 Å². The van der Waals surface area contributed by atoms with Gasteiger partial charge in [0.05, 0.1) is 6.61 Å². The van der Waals surface area contributed by atoms with Crippen molar-refractivity contribution in [1.29, 1.82) is 0 Å². The minimum Gasteiger partial charge on any atom is -0.360 e. The summed E-state index contributed by atoms with van der Waals surface area (Å²) in [5, 5.41) is 3.36. The fourth-order valence-corrected chi connectivity index (χ4v) is 1.54. The first-order chi connectivity index (χ1) is 4.34. The molecule has 2 unspecified atom stereocenters. The molecule has 0 amide bonds. The molecule has 0 saturated carbocycles. The van der Waals surface area contributed by atoms with Crippen molar-refractivity contribution in [3.8, 4) is 0 Å². The molecule has 0 aromatic rings. The summed E-state index contributed by atoms with van der Waals surface area (Å²) in [6.07, 6.45) is 0.314. The summed E-state index contributed by atoms with van der Waals surface area (Å²) >= 11 is 0. The average Bonchev–Trinajstić information content (AvgIpc) is 2.11. The maximum atomic E-state index is 5.39. The minimum atomic E-state index is 0.314. The molecule has 52 valence electrons. The Morgan fingerprint density at radius 3 is 3.22 bits per heavy atom. The highest BCUT2D eigenvalue weighted by atomic mass is 16.5. The minimum absolute atomic E-state index is 0.314. The summed E-state index contributed by atoms with van der Waals surface area (Å²) in [7, 11) is 2.13. The lowest BCUT2D eigenvalue weighted by molar-refractivity contribution is 0.0774. The third kappa shape index (κ3) is 0.956. The molecule has 9 heavy (non-hydrogen) atoms. The summed E-state index contributed by atoms with van der Waals surface area (Å²) in [6, 6.07) is 0.591. The molecule has 0 spiro atoms. The van der Waals surface area contributed by atoms with E-state index in [4.69, 9.17) is 4.74 Å². The van der Waals surface area contributed by atoms with E-state index in [1.807, 2.05) is 0 Å². The Labute approximate surface area is 55.0 Å². The second-order valence-corrected chi connectivity index (χ2v) is 2.91. The van der Waals surface area contributed by atoms with Crippen LogP contribution in [0.2, 0.25) is 0 Å². The van der Waals surface area contributed by atoms with Gasteiger partial charge in [0.15, 0.2) is 0 Å². The van der Waals surface area contributed by atoms with Crippen molar-refractivity contribution >= 4 is 0 Å². The molecular formula is C6H12N2O. The molecule has 2 bridgehead atoms. The van der Waals surface area contributed by atoms with E-state index >= 15 is 0 Å². The van der Waals surface area contributed by atoms with Crippen LogP contribution in [0.3, 0.4) is 0 Å². The van der Waals surface area contributed by atoms with Gasteiger partial charge in [0.2, 0.25) is 0 Å². The largest absolute Gasteiger partial charge is 0.360 e. The van der Waals surface area contributed by atoms with Gasteiger partial charge in [-0.05, 0) is 7.05 Å². The van der Waals surface area contributed by atoms with Crippen molar-refractivity contribution in [2.75, 3.05) is 26.7 Å². The number of rotatable bonds is 0. The first-order valence-corrected chi connectivity index (χ1v) is 3.41. The number of hydrogen-bond donors (Lipinski definition) is 1. The van der Waals surface area contributed by atoms with Crippen LogP contribution in [-0.4, -0.2) is 43.9 Å². The lowest BCUT2D eigenvalue weighted by atomic mass is 10.2. The molecule has 2 heterocycles. The molecule has 2 aliphatic heterocycles. The van der Waals surface area contributed by atoms with Gasteiger partial charge in [-0.25, -0.2) is 0 Å². The molecule has 0 aliphatic carbocycles. The van der Waals surface area contributed by atoms with Crippen molar-refractivity contribution in [3.63, 3.8) is 0 Å². The Kier molecular flexibility index (Phi) is 1.22. The number of hydrogen-bond acceptors (Lipinski definition) is 3. The van der Waals surface area contributed by atoms with Gasteiger partial charge in [0, 0.05) is 19.1 Å². The summed E-state index contributed by atoms with van der Waals surface area (Å²) in [6.45, 7) is 3.07. The second-order valence-electron chi connectivity index (χ2n) is 2.91. The van der Waals surface area contributed by atoms with Crippen molar-refractivity contribution < 1.29 is 4.74 Å². The number of likely N-dealkylation sites (N-methyl/N-ethyl adjacent to an activating group) is 1. The van der Waals surface area contributed by atoms with E-state index < -0.39 is 0 Å². The second kappa shape index (κ2) is 1.94. The standard InChI is InChI=1S/C6H12N2O/c1-8-2-5-4-9-6(3-8)7-5/h5-7H,2-4H2,1H3. The number of ether oxygens (including phenoxy) is 1. The zero-order valence-corrected chi connectivity index (χ0v) is 5.63. The van der Waals surface area contributed by atoms with Crippen LogP contribution < -0.4 is 5.32 Å². The molecule has 3 heteroatoms. The van der Waals surface area contributed by atoms with Crippen LogP contribution in [-0.2, 0) is 4.74 Å². The van der Waals surface area contributed by atoms with E-state index in [0.29, 0.717) is 12.3 Å². The maximum Gasteiger partial charge on any atom is 0.121 e. The molecule has 0 aromatic heterocycles. The van der Waals surface area contributed by atoms with Gasteiger partial charge in [-0.3, -0.25) is 5.32 Å². The fraction of sp³-hybridized carbons (Fsp3) is 1.00. The van der Waals surface area contributed by atoms with Gasteiger partial charge < -0.3 is 9.64 Å². The first-order valence-electron chi connectivity index (χ1n) is 3.41. The normalized spacial score (nSPS) is 43.7. The van der Waals surface area contributed by atoms with Crippen LogP contribution in [0, 0.1) is 0 Å². The van der Waals surface area contributed by atoms with Crippen molar-refractivity contribution in [3.05, 3.63) is 0 Å². The molecule has 2 aliphatic rings. The first kappa shape index (κ1) is 5.65. The molecule has 2 fully saturated rings. The zero-order chi connectivity index (χ0) is 6.27. The maximum absolute atomic E-state index is 5.39. The molecule has 0 aromatic carbocycles. The van der Waals surface area contributed by atoms with Gasteiger partial charge in [-0.1, -0.05) is 0 Å². The highest BCUT2D eigenvalue weighted by Gasteiger charge is 2.30. The number of nitrogens with one attached hydrogen (secondary N) is 1. The Hall–Kier alpha value is -0.120. The van der Waals surface area contributed by atoms with Crippen molar-refractivity contribution in [1.82, 2.24) is 10.2 Å². The summed E-state index contributed by atoms with van der Waals surface area (Å²) in [5.41, 5.74) is 0. The Bertz CT molecular complexity index is 106. The number of fused-ring (bicyclic) bond motifs is 2. The predicted octanol–water partition coefficient (Wildman–Crippen LogP) is -0.754. The quantitative estimate of drug-likeness (QED) is 0.464. The van der Waals surface area contributed by atoms with E-state index in [0.717, 1.165) is 19.7 Å². The third-order valence-corrected chi connectivity index (χ3v) is 1.93. The number of piperazine rings is 1. The summed E-state index contributed by atoms with van der Waals surface area (Å²) in [4.78, 5) is 2.30. The predicted molar refractivity (Wildman–Crippen MR) is 34.2 cm³/mol. The smallest absolute Gasteiger partial charge is 0.121 e. The van der Waals surface area contributed by atoms with E-state index in [9.17, 15) is 0 Å². The monoisotopic (exact) mass is 128 g/mol. The zero-order valence-electron chi connectivity index (χ0n) is 5.63. The molecule has 2 saturated heterocycles. The topological polar surface area (TPSA) is 24.5 Å².